The highest BCUT2D eigenvalue weighted by atomic mass is 35.5. The van der Waals surface area contributed by atoms with E-state index in [-0.39, 0.29) is 16.9 Å². The number of morpholine rings is 1. The van der Waals surface area contributed by atoms with E-state index in [1.165, 1.54) is 0 Å². The molecule has 1 fully saturated rings. The Labute approximate surface area is 134 Å². The predicted octanol–water partition coefficient (Wildman–Crippen LogP) is 1.32. The fourth-order valence-corrected chi connectivity index (χ4v) is 2.82. The number of halogens is 1. The summed E-state index contributed by atoms with van der Waals surface area (Å²) < 4.78 is 5.42. The fraction of sp³-hybridized carbons (Fsp3) is 0.429. The maximum absolute atomic E-state index is 12.1. The predicted molar refractivity (Wildman–Crippen MR) is 88.0 cm³/mol. The number of hydrogen-bond acceptors (Lipinski definition) is 4. The molecule has 5 nitrogen and oxygen atoms in total. The Balaban J connectivity index is 2.27. The minimum atomic E-state index is -0.356. The molecule has 0 aliphatic carbocycles. The molecule has 3 N–H and O–H groups in total. The summed E-state index contributed by atoms with van der Waals surface area (Å²) in [6, 6.07) is 5.08. The van der Waals surface area contributed by atoms with Crippen LogP contribution >= 0.6 is 23.8 Å². The van der Waals surface area contributed by atoms with Crippen molar-refractivity contribution in [1.29, 1.82) is 0 Å². The van der Waals surface area contributed by atoms with Crippen molar-refractivity contribution in [1.82, 2.24) is 5.32 Å². The molecule has 1 aliphatic heterocycles. The van der Waals surface area contributed by atoms with Crippen LogP contribution in [0.3, 0.4) is 0 Å². The molecular formula is C14H18ClN3O2S. The van der Waals surface area contributed by atoms with Gasteiger partial charge in [0, 0.05) is 24.3 Å². The van der Waals surface area contributed by atoms with Gasteiger partial charge in [-0.1, -0.05) is 23.8 Å². The maximum atomic E-state index is 12.1. The lowest BCUT2D eigenvalue weighted by atomic mass is 10.1. The molecule has 0 saturated carbocycles. The highest BCUT2D eigenvalue weighted by Crippen LogP contribution is 2.26. The van der Waals surface area contributed by atoms with Crippen molar-refractivity contribution < 1.29 is 9.53 Å². The van der Waals surface area contributed by atoms with Crippen molar-refractivity contribution in [2.75, 3.05) is 31.2 Å². The molecule has 1 saturated heterocycles. The third kappa shape index (κ3) is 3.64. The molecule has 1 aromatic carbocycles. The first kappa shape index (κ1) is 16.0. The zero-order chi connectivity index (χ0) is 15.4. The van der Waals surface area contributed by atoms with Crippen LogP contribution in [0, 0.1) is 0 Å². The van der Waals surface area contributed by atoms with E-state index in [2.05, 4.69) is 5.32 Å². The van der Waals surface area contributed by atoms with E-state index in [0.717, 1.165) is 5.69 Å². The molecule has 1 aromatic rings. The summed E-state index contributed by atoms with van der Waals surface area (Å²) in [5.74, 6) is -0.0493. The molecule has 0 bridgehead atoms. The SMILES string of the molecule is CCNC(=O)C1COCCN1c1ccc(C(N)=S)c(Cl)c1. The van der Waals surface area contributed by atoms with Gasteiger partial charge >= 0.3 is 0 Å². The number of nitrogens with one attached hydrogen (secondary N) is 1. The van der Waals surface area contributed by atoms with Gasteiger partial charge in [-0.05, 0) is 25.1 Å². The summed E-state index contributed by atoms with van der Waals surface area (Å²) in [7, 11) is 0. The van der Waals surface area contributed by atoms with E-state index in [0.29, 0.717) is 36.9 Å². The second-order valence-corrected chi connectivity index (χ2v) is 5.55. The maximum Gasteiger partial charge on any atom is 0.245 e. The number of rotatable bonds is 4. The van der Waals surface area contributed by atoms with Gasteiger partial charge in [-0.3, -0.25) is 4.79 Å². The lowest BCUT2D eigenvalue weighted by Crippen LogP contribution is -2.54. The monoisotopic (exact) mass is 327 g/mol. The molecule has 1 unspecified atom stereocenters. The molecule has 0 radical (unpaired) electrons. The lowest BCUT2D eigenvalue weighted by molar-refractivity contribution is -0.124. The number of hydrogen-bond donors (Lipinski definition) is 2. The lowest BCUT2D eigenvalue weighted by Gasteiger charge is -2.36. The number of amides is 1. The van der Waals surface area contributed by atoms with Crippen LogP contribution in [-0.2, 0) is 9.53 Å². The first-order chi connectivity index (χ1) is 10.0. The molecule has 0 aromatic heterocycles. The van der Waals surface area contributed by atoms with E-state index in [4.69, 9.17) is 34.3 Å². The number of likely N-dealkylation sites (N-methyl/N-ethyl adjacent to an activating group) is 1. The molecule has 2 rings (SSSR count). The normalized spacial score (nSPS) is 18.4. The first-order valence-electron chi connectivity index (χ1n) is 6.76. The summed E-state index contributed by atoms with van der Waals surface area (Å²) in [5.41, 5.74) is 7.11. The Morgan fingerprint density at radius 3 is 3.00 bits per heavy atom. The van der Waals surface area contributed by atoms with Gasteiger partial charge in [-0.25, -0.2) is 0 Å². The Bertz CT molecular complexity index is 553. The molecule has 114 valence electrons. The summed E-state index contributed by atoms with van der Waals surface area (Å²) in [4.78, 5) is 14.4. The number of thiocarbonyl (C=S) groups is 1. The van der Waals surface area contributed by atoms with E-state index >= 15 is 0 Å². The number of carbonyl (C=O) groups excluding carboxylic acids is 1. The Hall–Kier alpha value is -1.37. The highest BCUT2D eigenvalue weighted by molar-refractivity contribution is 7.80. The topological polar surface area (TPSA) is 67.6 Å². The highest BCUT2D eigenvalue weighted by Gasteiger charge is 2.29. The summed E-state index contributed by atoms with van der Waals surface area (Å²) in [5, 5.41) is 3.31. The molecule has 1 heterocycles. The van der Waals surface area contributed by atoms with Crippen LogP contribution in [0.25, 0.3) is 0 Å². The molecule has 21 heavy (non-hydrogen) atoms. The number of nitrogens with two attached hydrogens (primary N) is 1. The molecule has 7 heteroatoms. The van der Waals surface area contributed by atoms with Gasteiger partial charge in [0.2, 0.25) is 5.91 Å². The average Bonchev–Trinajstić information content (AvgIpc) is 2.47. The smallest absolute Gasteiger partial charge is 0.245 e. The van der Waals surface area contributed by atoms with Gasteiger partial charge in [0.05, 0.1) is 18.2 Å². The van der Waals surface area contributed by atoms with Crippen LogP contribution in [0.5, 0.6) is 0 Å². The summed E-state index contributed by atoms with van der Waals surface area (Å²) in [6.45, 7) is 4.04. The standard InChI is InChI=1S/C14H18ClN3O2S/c1-2-17-14(19)12-8-20-6-5-18(12)9-3-4-10(13(16)21)11(15)7-9/h3-4,7,12H,2,5-6,8H2,1H3,(H2,16,21)(H,17,19). The Morgan fingerprint density at radius 1 is 1.62 bits per heavy atom. The summed E-state index contributed by atoms with van der Waals surface area (Å²) in [6.07, 6.45) is 0. The van der Waals surface area contributed by atoms with E-state index in [1.54, 1.807) is 12.1 Å². The minimum absolute atomic E-state index is 0.0493. The number of carbonyl (C=O) groups is 1. The molecule has 1 aliphatic rings. The van der Waals surface area contributed by atoms with Gasteiger partial charge < -0.3 is 20.7 Å². The second-order valence-electron chi connectivity index (χ2n) is 4.71. The molecule has 1 atom stereocenters. The van der Waals surface area contributed by atoms with Crippen LogP contribution in [0.4, 0.5) is 5.69 Å². The number of benzene rings is 1. The Kier molecular flexibility index (Phi) is 5.39. The zero-order valence-corrected chi connectivity index (χ0v) is 13.3. The fourth-order valence-electron chi connectivity index (χ4n) is 2.30. The van der Waals surface area contributed by atoms with Crippen molar-refractivity contribution in [3.8, 4) is 0 Å². The third-order valence-corrected chi connectivity index (χ3v) is 3.86. The van der Waals surface area contributed by atoms with Crippen LogP contribution in [0.2, 0.25) is 5.02 Å². The van der Waals surface area contributed by atoms with Crippen LogP contribution in [0.15, 0.2) is 18.2 Å². The van der Waals surface area contributed by atoms with Crippen molar-refractivity contribution in [2.45, 2.75) is 13.0 Å². The number of nitrogens with zero attached hydrogens (tertiary/aromatic N) is 1. The van der Waals surface area contributed by atoms with Crippen LogP contribution in [-0.4, -0.2) is 43.2 Å². The number of anilines is 1. The van der Waals surface area contributed by atoms with E-state index in [1.807, 2.05) is 17.9 Å². The molecule has 0 spiro atoms. The van der Waals surface area contributed by atoms with Crippen molar-refractivity contribution in [3.63, 3.8) is 0 Å². The second kappa shape index (κ2) is 7.06. The third-order valence-electron chi connectivity index (χ3n) is 3.33. The zero-order valence-electron chi connectivity index (χ0n) is 11.8. The van der Waals surface area contributed by atoms with E-state index in [9.17, 15) is 4.79 Å². The van der Waals surface area contributed by atoms with Gasteiger partial charge in [0.25, 0.3) is 0 Å². The van der Waals surface area contributed by atoms with Gasteiger partial charge in [-0.2, -0.15) is 0 Å². The minimum Gasteiger partial charge on any atom is -0.389 e. The number of ether oxygens (including phenoxy) is 1. The molecular weight excluding hydrogens is 310 g/mol. The largest absolute Gasteiger partial charge is 0.389 e. The van der Waals surface area contributed by atoms with Crippen molar-refractivity contribution in [2.24, 2.45) is 5.73 Å². The first-order valence-corrected chi connectivity index (χ1v) is 7.54. The Morgan fingerprint density at radius 2 is 2.38 bits per heavy atom. The molecule has 1 amide bonds. The average molecular weight is 328 g/mol. The van der Waals surface area contributed by atoms with Crippen LogP contribution < -0.4 is 16.0 Å². The van der Waals surface area contributed by atoms with Gasteiger partial charge in [0.1, 0.15) is 11.0 Å². The quantitative estimate of drug-likeness (QED) is 0.816. The summed E-state index contributed by atoms with van der Waals surface area (Å²) >= 11 is 11.2. The van der Waals surface area contributed by atoms with Crippen LogP contribution in [0.1, 0.15) is 12.5 Å². The van der Waals surface area contributed by atoms with E-state index < -0.39 is 0 Å². The van der Waals surface area contributed by atoms with Gasteiger partial charge in [0.15, 0.2) is 0 Å². The van der Waals surface area contributed by atoms with Crippen molar-refractivity contribution in [3.05, 3.63) is 28.8 Å². The van der Waals surface area contributed by atoms with Crippen molar-refractivity contribution >= 4 is 40.4 Å². The van der Waals surface area contributed by atoms with Gasteiger partial charge in [-0.15, -0.1) is 0 Å².